The maximum Gasteiger partial charge on any atom is 0.337 e. The van der Waals surface area contributed by atoms with Crippen molar-refractivity contribution in [1.82, 2.24) is 20.2 Å². The van der Waals surface area contributed by atoms with Gasteiger partial charge in [-0.3, -0.25) is 9.52 Å². The van der Waals surface area contributed by atoms with Crippen LogP contribution >= 0.6 is 0 Å². The molecule has 0 amide bonds. The minimum Gasteiger partial charge on any atom is -0.497 e. The van der Waals surface area contributed by atoms with E-state index in [0.717, 1.165) is 4.80 Å². The number of ketones is 1. The summed E-state index contributed by atoms with van der Waals surface area (Å²) >= 11 is 0. The van der Waals surface area contributed by atoms with Crippen LogP contribution in [0.4, 0.5) is 5.69 Å². The summed E-state index contributed by atoms with van der Waals surface area (Å²) in [6.07, 6.45) is 0. The fourth-order valence-electron chi connectivity index (χ4n) is 3.27. The highest BCUT2D eigenvalue weighted by molar-refractivity contribution is 7.92. The van der Waals surface area contributed by atoms with E-state index in [1.165, 1.54) is 38.5 Å². The second-order valence-electron chi connectivity index (χ2n) is 7.46. The number of nitrogens with zero attached hydrogens (tertiary/aromatic N) is 4. The lowest BCUT2D eigenvalue weighted by Crippen LogP contribution is -2.14. The Balaban J connectivity index is 1.53. The fraction of sp³-hybridized carbons (Fsp3) is 0.125. The van der Waals surface area contributed by atoms with Crippen molar-refractivity contribution in [2.24, 2.45) is 0 Å². The summed E-state index contributed by atoms with van der Waals surface area (Å²) in [5, 5.41) is 12.2. The number of Topliss-reactive ketones (excluding diaryl/α,β-unsaturated/α-hetero) is 1. The first-order valence-corrected chi connectivity index (χ1v) is 12.0. The van der Waals surface area contributed by atoms with Gasteiger partial charge < -0.3 is 9.47 Å². The van der Waals surface area contributed by atoms with Gasteiger partial charge in [0.2, 0.25) is 5.82 Å². The summed E-state index contributed by atoms with van der Waals surface area (Å²) in [7, 11) is -1.22. The van der Waals surface area contributed by atoms with Crippen LogP contribution in [0.15, 0.2) is 77.7 Å². The molecule has 184 valence electrons. The van der Waals surface area contributed by atoms with Crippen molar-refractivity contribution in [2.75, 3.05) is 18.9 Å². The third kappa shape index (κ3) is 5.39. The first-order valence-electron chi connectivity index (χ1n) is 10.6. The molecular formula is C24H21N5O6S. The topological polar surface area (TPSA) is 142 Å². The second-order valence-corrected chi connectivity index (χ2v) is 9.14. The average molecular weight is 508 g/mol. The summed E-state index contributed by atoms with van der Waals surface area (Å²) in [4.78, 5) is 25.3. The molecule has 1 N–H and O–H groups in total. The van der Waals surface area contributed by atoms with Crippen molar-refractivity contribution >= 4 is 27.5 Å². The monoisotopic (exact) mass is 507 g/mol. The fourth-order valence-corrected chi connectivity index (χ4v) is 4.35. The zero-order chi connectivity index (χ0) is 25.7. The highest BCUT2D eigenvalue weighted by Gasteiger charge is 2.19. The molecule has 0 spiro atoms. The van der Waals surface area contributed by atoms with Gasteiger partial charge in [-0.15, -0.1) is 10.2 Å². The molecular weight excluding hydrogens is 486 g/mol. The normalized spacial score (nSPS) is 11.1. The molecule has 0 atom stereocenters. The number of para-hydroxylation sites is 1. The summed E-state index contributed by atoms with van der Waals surface area (Å²) in [5.74, 6) is -0.0362. The lowest BCUT2D eigenvalue weighted by atomic mass is 10.1. The zero-order valence-corrected chi connectivity index (χ0v) is 20.1. The van der Waals surface area contributed by atoms with Gasteiger partial charge in [-0.2, -0.15) is 4.80 Å². The van der Waals surface area contributed by atoms with Crippen molar-refractivity contribution in [3.05, 3.63) is 83.9 Å². The molecule has 0 saturated carbocycles. The number of methoxy groups -OCH3 is 2. The Morgan fingerprint density at radius 2 is 1.58 bits per heavy atom. The predicted octanol–water partition coefficient (Wildman–Crippen LogP) is 2.82. The minimum absolute atomic E-state index is 0.0494. The maximum atomic E-state index is 12.9. The molecule has 0 fully saturated rings. The Morgan fingerprint density at radius 3 is 2.25 bits per heavy atom. The van der Waals surface area contributed by atoms with Crippen molar-refractivity contribution < 1.29 is 27.5 Å². The number of hydrogen-bond acceptors (Lipinski definition) is 9. The molecule has 0 saturated heterocycles. The molecule has 11 nitrogen and oxygen atoms in total. The van der Waals surface area contributed by atoms with Gasteiger partial charge in [0, 0.05) is 11.1 Å². The molecule has 1 heterocycles. The molecule has 0 unspecified atom stereocenters. The van der Waals surface area contributed by atoms with Crippen molar-refractivity contribution in [1.29, 1.82) is 0 Å². The predicted molar refractivity (Wildman–Crippen MR) is 129 cm³/mol. The highest BCUT2D eigenvalue weighted by atomic mass is 32.2. The third-order valence-electron chi connectivity index (χ3n) is 5.15. The molecule has 4 rings (SSSR count). The van der Waals surface area contributed by atoms with E-state index in [1.807, 2.05) is 0 Å². The number of esters is 1. The third-order valence-corrected chi connectivity index (χ3v) is 6.53. The van der Waals surface area contributed by atoms with Gasteiger partial charge in [-0.1, -0.05) is 12.1 Å². The van der Waals surface area contributed by atoms with Crippen LogP contribution in [0.5, 0.6) is 5.75 Å². The number of sulfonamides is 1. The largest absolute Gasteiger partial charge is 0.497 e. The molecule has 3 aromatic carbocycles. The van der Waals surface area contributed by atoms with E-state index in [4.69, 9.17) is 4.74 Å². The van der Waals surface area contributed by atoms with Crippen LogP contribution in [0.1, 0.15) is 20.7 Å². The van der Waals surface area contributed by atoms with Gasteiger partial charge in [0.1, 0.15) is 12.3 Å². The summed E-state index contributed by atoms with van der Waals surface area (Å²) in [6, 6.07) is 18.5. The van der Waals surface area contributed by atoms with Gasteiger partial charge in [-0.25, -0.2) is 13.2 Å². The van der Waals surface area contributed by atoms with Crippen LogP contribution in [0.25, 0.3) is 11.4 Å². The van der Waals surface area contributed by atoms with Crippen LogP contribution in [0, 0.1) is 0 Å². The van der Waals surface area contributed by atoms with Crippen LogP contribution in [0.3, 0.4) is 0 Å². The van der Waals surface area contributed by atoms with Crippen LogP contribution in [0.2, 0.25) is 0 Å². The standard InChI is InChI=1S/C24H21N5O6S/c1-34-18-11-7-16(8-12-18)22(30)15-29-26-23(25-28-29)20-5-3-4-6-21(20)27-36(32,33)19-13-9-17(10-14-19)24(31)35-2/h3-14,27H,15H2,1-2H3. The van der Waals surface area contributed by atoms with Gasteiger partial charge >= 0.3 is 5.97 Å². The molecule has 0 aliphatic rings. The number of carbonyl (C=O) groups excluding carboxylic acids is 2. The number of aromatic nitrogens is 4. The van der Waals surface area contributed by atoms with Crippen LogP contribution in [-0.4, -0.2) is 54.6 Å². The number of carbonyl (C=O) groups is 2. The molecule has 12 heteroatoms. The number of tetrazole rings is 1. The second kappa shape index (κ2) is 10.4. The number of anilines is 1. The smallest absolute Gasteiger partial charge is 0.337 e. The number of rotatable bonds is 9. The summed E-state index contributed by atoms with van der Waals surface area (Å²) < 4.78 is 38.1. The minimum atomic E-state index is -4.00. The van der Waals surface area contributed by atoms with E-state index < -0.39 is 16.0 Å². The van der Waals surface area contributed by atoms with Crippen molar-refractivity contribution in [3.63, 3.8) is 0 Å². The summed E-state index contributed by atoms with van der Waals surface area (Å²) in [6.45, 7) is -0.153. The lowest BCUT2D eigenvalue weighted by Gasteiger charge is -2.11. The first-order chi connectivity index (χ1) is 17.3. The van der Waals surface area contributed by atoms with E-state index >= 15 is 0 Å². The van der Waals surface area contributed by atoms with E-state index in [2.05, 4.69) is 24.9 Å². The van der Waals surface area contributed by atoms with Crippen molar-refractivity contribution in [2.45, 2.75) is 11.4 Å². The number of hydrogen-bond donors (Lipinski definition) is 1. The van der Waals surface area contributed by atoms with Gasteiger partial charge in [0.05, 0.1) is 30.4 Å². The lowest BCUT2D eigenvalue weighted by molar-refractivity contribution is 0.0600. The molecule has 0 aliphatic carbocycles. The highest BCUT2D eigenvalue weighted by Crippen LogP contribution is 2.27. The van der Waals surface area contributed by atoms with E-state index in [1.54, 1.807) is 48.5 Å². The molecule has 1 aromatic heterocycles. The summed E-state index contributed by atoms with van der Waals surface area (Å²) in [5.41, 5.74) is 1.27. The number of benzene rings is 3. The van der Waals surface area contributed by atoms with Crippen molar-refractivity contribution in [3.8, 4) is 17.1 Å². The Morgan fingerprint density at radius 1 is 0.917 bits per heavy atom. The molecule has 0 radical (unpaired) electrons. The average Bonchev–Trinajstić information content (AvgIpc) is 3.36. The van der Waals surface area contributed by atoms with E-state index in [0.29, 0.717) is 16.9 Å². The number of nitrogens with one attached hydrogen (secondary N) is 1. The SMILES string of the molecule is COC(=O)c1ccc(S(=O)(=O)Nc2ccccc2-c2nnn(CC(=O)c3ccc(OC)cc3)n2)cc1. The molecule has 36 heavy (non-hydrogen) atoms. The van der Waals surface area contributed by atoms with E-state index in [9.17, 15) is 18.0 Å². The van der Waals surface area contributed by atoms with Gasteiger partial charge in [-0.05, 0) is 65.9 Å². The molecule has 4 aromatic rings. The van der Waals surface area contributed by atoms with Crippen LogP contribution in [-0.2, 0) is 21.3 Å². The first kappa shape index (κ1) is 24.5. The van der Waals surface area contributed by atoms with Crippen LogP contribution < -0.4 is 9.46 Å². The zero-order valence-electron chi connectivity index (χ0n) is 19.3. The molecule has 0 bridgehead atoms. The Labute approximate surface area is 206 Å². The Hall–Kier alpha value is -4.58. The maximum absolute atomic E-state index is 12.9. The van der Waals surface area contributed by atoms with Gasteiger partial charge in [0.15, 0.2) is 5.78 Å². The quantitative estimate of drug-likeness (QED) is 0.267. The number of ether oxygens (including phenoxy) is 2. The van der Waals surface area contributed by atoms with E-state index in [-0.39, 0.29) is 34.3 Å². The Kier molecular flexibility index (Phi) is 7.06. The Bertz CT molecular complexity index is 1500. The molecule has 0 aliphatic heterocycles. The van der Waals surface area contributed by atoms with Gasteiger partial charge in [0.25, 0.3) is 10.0 Å².